The standard InChI is InChI=1S/C29H46NO2P/c1-10-12-17-29(11-2,33-26-16-14-13-15-23(26)20-30(7)8)25-19-22(3)18-24(28(4,5)6)27(25)32-21-31-9/h13-16,18-19,33H,10-12,17,20-21H2,1-9H3. The molecule has 2 unspecified atom stereocenters. The number of aryl methyl sites for hydroxylation is 1. The van der Waals surface area contributed by atoms with E-state index in [9.17, 15) is 0 Å². The van der Waals surface area contributed by atoms with E-state index in [0.29, 0.717) is 8.58 Å². The highest BCUT2D eigenvalue weighted by atomic mass is 31.1. The molecule has 3 nitrogen and oxygen atoms in total. The topological polar surface area (TPSA) is 21.7 Å². The van der Waals surface area contributed by atoms with Crippen molar-refractivity contribution in [1.82, 2.24) is 4.90 Å². The first-order valence-corrected chi connectivity index (χ1v) is 13.4. The molecule has 0 bridgehead atoms. The second-order valence-electron chi connectivity index (χ2n) is 10.5. The summed E-state index contributed by atoms with van der Waals surface area (Å²) in [5, 5.41) is 1.51. The van der Waals surface area contributed by atoms with E-state index in [2.05, 4.69) is 96.9 Å². The summed E-state index contributed by atoms with van der Waals surface area (Å²) in [5.74, 6) is 1.03. The Balaban J connectivity index is 2.75. The van der Waals surface area contributed by atoms with Crippen LogP contribution in [-0.4, -0.2) is 32.9 Å². The maximum atomic E-state index is 6.39. The van der Waals surface area contributed by atoms with Gasteiger partial charge in [-0.05, 0) is 50.1 Å². The van der Waals surface area contributed by atoms with Gasteiger partial charge in [-0.1, -0.05) is 98.0 Å². The third-order valence-electron chi connectivity index (χ3n) is 6.32. The zero-order valence-electron chi connectivity index (χ0n) is 22.5. The molecule has 0 aliphatic carbocycles. The molecular weight excluding hydrogens is 425 g/mol. The molecule has 0 saturated carbocycles. The van der Waals surface area contributed by atoms with Crippen LogP contribution in [0.2, 0.25) is 0 Å². The zero-order chi connectivity index (χ0) is 24.6. The lowest BCUT2D eigenvalue weighted by Crippen LogP contribution is -2.27. The van der Waals surface area contributed by atoms with Crippen LogP contribution < -0.4 is 10.0 Å². The third kappa shape index (κ3) is 7.28. The van der Waals surface area contributed by atoms with Gasteiger partial charge in [0.05, 0.1) is 0 Å². The highest BCUT2D eigenvalue weighted by Crippen LogP contribution is 2.53. The summed E-state index contributed by atoms with van der Waals surface area (Å²) in [6, 6.07) is 13.7. The van der Waals surface area contributed by atoms with Crippen LogP contribution in [-0.2, 0) is 21.9 Å². The van der Waals surface area contributed by atoms with E-state index in [0.717, 1.165) is 25.1 Å². The lowest BCUT2D eigenvalue weighted by molar-refractivity contribution is 0.0485. The molecule has 2 aromatic rings. The molecule has 0 aliphatic rings. The van der Waals surface area contributed by atoms with Gasteiger partial charge < -0.3 is 14.4 Å². The molecule has 0 aliphatic heterocycles. The van der Waals surface area contributed by atoms with Gasteiger partial charge >= 0.3 is 0 Å². The van der Waals surface area contributed by atoms with Crippen molar-refractivity contribution >= 4 is 13.9 Å². The summed E-state index contributed by atoms with van der Waals surface area (Å²) in [4.78, 5) is 2.26. The predicted octanol–water partition coefficient (Wildman–Crippen LogP) is 7.14. The number of rotatable bonds is 12. The monoisotopic (exact) mass is 471 g/mol. The summed E-state index contributed by atoms with van der Waals surface area (Å²) in [6.07, 6.45) is 4.64. The number of benzene rings is 2. The van der Waals surface area contributed by atoms with Crippen LogP contribution in [0, 0.1) is 6.92 Å². The minimum atomic E-state index is -0.0139. The second kappa shape index (κ2) is 12.3. The van der Waals surface area contributed by atoms with Crippen LogP contribution in [0.25, 0.3) is 0 Å². The van der Waals surface area contributed by atoms with Gasteiger partial charge in [-0.3, -0.25) is 0 Å². The van der Waals surface area contributed by atoms with Crippen LogP contribution >= 0.6 is 8.58 Å². The smallest absolute Gasteiger partial charge is 0.188 e. The minimum Gasteiger partial charge on any atom is -0.467 e. The van der Waals surface area contributed by atoms with E-state index in [-0.39, 0.29) is 17.4 Å². The van der Waals surface area contributed by atoms with Gasteiger partial charge in [-0.15, -0.1) is 0 Å². The van der Waals surface area contributed by atoms with E-state index in [1.807, 2.05) is 0 Å². The molecule has 0 radical (unpaired) electrons. The summed E-state index contributed by atoms with van der Waals surface area (Å²) < 4.78 is 11.8. The van der Waals surface area contributed by atoms with Crippen LogP contribution in [0.4, 0.5) is 0 Å². The quantitative estimate of drug-likeness (QED) is 0.243. The van der Waals surface area contributed by atoms with Gasteiger partial charge in [0.25, 0.3) is 0 Å². The maximum absolute atomic E-state index is 6.39. The number of methoxy groups -OCH3 is 1. The Bertz CT molecular complexity index is 888. The number of ether oxygens (including phenoxy) is 2. The molecular formula is C29H46NO2P. The Morgan fingerprint density at radius 2 is 1.67 bits per heavy atom. The maximum Gasteiger partial charge on any atom is 0.188 e. The number of hydrogen-bond acceptors (Lipinski definition) is 3. The van der Waals surface area contributed by atoms with Gasteiger partial charge in [0.2, 0.25) is 0 Å². The van der Waals surface area contributed by atoms with E-state index in [4.69, 9.17) is 9.47 Å². The van der Waals surface area contributed by atoms with Crippen molar-refractivity contribution in [1.29, 1.82) is 0 Å². The summed E-state index contributed by atoms with van der Waals surface area (Å²) in [7, 11) is 6.68. The molecule has 184 valence electrons. The van der Waals surface area contributed by atoms with E-state index in [1.165, 1.54) is 40.4 Å². The Morgan fingerprint density at radius 1 is 1.00 bits per heavy atom. The molecule has 4 heteroatoms. The van der Waals surface area contributed by atoms with Gasteiger partial charge in [-0.2, -0.15) is 0 Å². The molecule has 0 fully saturated rings. The lowest BCUT2D eigenvalue weighted by atomic mass is 9.80. The van der Waals surface area contributed by atoms with Crippen LogP contribution in [0.15, 0.2) is 36.4 Å². The van der Waals surface area contributed by atoms with Crippen molar-refractivity contribution in [2.45, 2.75) is 84.3 Å². The largest absolute Gasteiger partial charge is 0.467 e. The number of hydrogen-bond donors (Lipinski definition) is 0. The van der Waals surface area contributed by atoms with Gasteiger partial charge in [-0.25, -0.2) is 0 Å². The molecule has 0 aromatic heterocycles. The van der Waals surface area contributed by atoms with Crippen molar-refractivity contribution in [3.63, 3.8) is 0 Å². The normalized spacial score (nSPS) is 14.2. The molecule has 0 saturated heterocycles. The first kappa shape index (κ1) is 27.8. The lowest BCUT2D eigenvalue weighted by Gasteiger charge is -2.38. The van der Waals surface area contributed by atoms with Gasteiger partial charge in [0.15, 0.2) is 6.79 Å². The van der Waals surface area contributed by atoms with Crippen molar-refractivity contribution < 1.29 is 9.47 Å². The minimum absolute atomic E-state index is 0.0139. The van der Waals surface area contributed by atoms with Gasteiger partial charge in [0, 0.05) is 29.9 Å². The van der Waals surface area contributed by atoms with Crippen molar-refractivity contribution in [2.24, 2.45) is 0 Å². The van der Waals surface area contributed by atoms with Crippen LogP contribution in [0.1, 0.15) is 82.6 Å². The predicted molar refractivity (Wildman–Crippen MR) is 146 cm³/mol. The zero-order valence-corrected chi connectivity index (χ0v) is 23.5. The molecule has 2 rings (SSSR count). The summed E-state index contributed by atoms with van der Waals surface area (Å²) in [5.41, 5.74) is 5.35. The SMILES string of the molecule is CCCCC(CC)(Pc1ccccc1CN(C)C)c1cc(C)cc(C(C)(C)C)c1OCOC. The number of unbranched alkanes of at least 4 members (excludes halogenated alkanes) is 1. The van der Waals surface area contributed by atoms with Gasteiger partial charge in [0.1, 0.15) is 5.75 Å². The third-order valence-corrected chi connectivity index (χ3v) is 8.43. The average Bonchev–Trinajstić information content (AvgIpc) is 2.75. The molecule has 2 atom stereocenters. The van der Waals surface area contributed by atoms with Crippen molar-refractivity contribution in [3.8, 4) is 5.75 Å². The van der Waals surface area contributed by atoms with Crippen LogP contribution in [0.5, 0.6) is 5.75 Å². The van der Waals surface area contributed by atoms with E-state index < -0.39 is 0 Å². The summed E-state index contributed by atoms with van der Waals surface area (Å²) >= 11 is 0. The Morgan fingerprint density at radius 3 is 2.24 bits per heavy atom. The molecule has 0 N–H and O–H groups in total. The molecule has 33 heavy (non-hydrogen) atoms. The average molecular weight is 472 g/mol. The fourth-order valence-corrected chi connectivity index (χ4v) is 6.35. The molecule has 2 aromatic carbocycles. The fraction of sp³-hybridized carbons (Fsp3) is 0.586. The molecule has 0 heterocycles. The fourth-order valence-electron chi connectivity index (χ4n) is 4.54. The van der Waals surface area contributed by atoms with Crippen LogP contribution in [0.3, 0.4) is 0 Å². The van der Waals surface area contributed by atoms with Crippen molar-refractivity contribution in [2.75, 3.05) is 28.0 Å². The molecule has 0 amide bonds. The first-order valence-electron chi connectivity index (χ1n) is 12.4. The highest BCUT2D eigenvalue weighted by Gasteiger charge is 2.36. The van der Waals surface area contributed by atoms with Crippen molar-refractivity contribution in [3.05, 3.63) is 58.7 Å². The summed E-state index contributed by atoms with van der Waals surface area (Å²) in [6.45, 7) is 14.9. The Hall–Kier alpha value is -1.41. The Labute approximate surface area is 205 Å². The first-order chi connectivity index (χ1) is 15.6. The van der Waals surface area contributed by atoms with E-state index >= 15 is 0 Å². The highest BCUT2D eigenvalue weighted by molar-refractivity contribution is 7.48. The molecule has 0 spiro atoms. The second-order valence-corrected chi connectivity index (χ2v) is 12.3. The number of nitrogens with zero attached hydrogens (tertiary/aromatic N) is 1. The van der Waals surface area contributed by atoms with E-state index in [1.54, 1.807) is 7.11 Å². The Kier molecular flexibility index (Phi) is 10.4.